The zero-order valence-electron chi connectivity index (χ0n) is 5.67. The van der Waals surface area contributed by atoms with Crippen LogP contribution in [0, 0.1) is 0 Å². The van der Waals surface area contributed by atoms with E-state index in [2.05, 4.69) is 0 Å². The molecule has 0 aromatic carbocycles. The van der Waals surface area contributed by atoms with E-state index in [1.807, 2.05) is 0 Å². The molecule has 1 saturated carbocycles. The molecule has 3 nitrogen and oxygen atoms in total. The van der Waals surface area contributed by atoms with Gasteiger partial charge in [-0.05, 0) is 6.42 Å². The van der Waals surface area contributed by atoms with Gasteiger partial charge in [0.25, 0.3) is 0 Å². The highest BCUT2D eigenvalue weighted by atomic mass is 16.3. The molecule has 3 heteroatoms. The van der Waals surface area contributed by atoms with Gasteiger partial charge in [-0.25, -0.2) is 0 Å². The van der Waals surface area contributed by atoms with Gasteiger partial charge in [0.1, 0.15) is 11.9 Å². The lowest BCUT2D eigenvalue weighted by atomic mass is 10.1. The molecule has 56 valence electrons. The highest BCUT2D eigenvalue weighted by molar-refractivity contribution is 5.90. The number of Topliss-reactive ketones (excluding diaryl/α,β-unsaturated/α-hetero) is 2. The molecule has 0 aliphatic heterocycles. The van der Waals surface area contributed by atoms with E-state index in [9.17, 15) is 9.59 Å². The summed E-state index contributed by atoms with van der Waals surface area (Å²) in [6.45, 7) is 0. The number of hydrogen-bond donors (Lipinski definition) is 1. The van der Waals surface area contributed by atoms with E-state index in [-0.39, 0.29) is 18.0 Å². The second kappa shape index (κ2) is 2.92. The Morgan fingerprint density at radius 1 is 1.20 bits per heavy atom. The Morgan fingerprint density at radius 3 is 2.60 bits per heavy atom. The molecule has 10 heavy (non-hydrogen) atoms. The van der Waals surface area contributed by atoms with Crippen molar-refractivity contribution >= 4 is 11.6 Å². The standard InChI is InChI=1S/C7H10O3/c8-5-1-3-6(9)7(10)4-2-5/h6,9H,1-4H2. The molecule has 1 fully saturated rings. The SMILES string of the molecule is O=C1CCC(=O)C(O)CC1. The van der Waals surface area contributed by atoms with Crippen LogP contribution in [-0.2, 0) is 9.59 Å². The van der Waals surface area contributed by atoms with Crippen molar-refractivity contribution in [3.8, 4) is 0 Å². The second-order valence-corrected chi connectivity index (χ2v) is 2.56. The summed E-state index contributed by atoms with van der Waals surface area (Å²) in [5.41, 5.74) is 0. The van der Waals surface area contributed by atoms with Crippen molar-refractivity contribution in [3.05, 3.63) is 0 Å². The van der Waals surface area contributed by atoms with Crippen LogP contribution in [0.2, 0.25) is 0 Å². The fourth-order valence-electron chi connectivity index (χ4n) is 1.01. The van der Waals surface area contributed by atoms with Gasteiger partial charge in [0.15, 0.2) is 5.78 Å². The highest BCUT2D eigenvalue weighted by Crippen LogP contribution is 2.11. The minimum Gasteiger partial charge on any atom is -0.385 e. The molecule has 0 bridgehead atoms. The Labute approximate surface area is 59.0 Å². The van der Waals surface area contributed by atoms with E-state index < -0.39 is 6.10 Å². The van der Waals surface area contributed by atoms with Crippen LogP contribution in [0.5, 0.6) is 0 Å². The van der Waals surface area contributed by atoms with Gasteiger partial charge < -0.3 is 5.11 Å². The molecule has 1 atom stereocenters. The van der Waals surface area contributed by atoms with E-state index in [0.29, 0.717) is 19.3 Å². The molecule has 1 rings (SSSR count). The topological polar surface area (TPSA) is 54.4 Å². The number of ketones is 2. The van der Waals surface area contributed by atoms with E-state index in [4.69, 9.17) is 5.11 Å². The first-order valence-corrected chi connectivity index (χ1v) is 3.42. The lowest BCUT2D eigenvalue weighted by molar-refractivity contribution is -0.127. The Hall–Kier alpha value is -0.700. The number of rotatable bonds is 0. The normalized spacial score (nSPS) is 28.3. The van der Waals surface area contributed by atoms with Crippen molar-refractivity contribution < 1.29 is 14.7 Å². The Balaban J connectivity index is 2.54. The van der Waals surface area contributed by atoms with Crippen molar-refractivity contribution in [2.24, 2.45) is 0 Å². The molecule has 0 heterocycles. The average Bonchev–Trinajstić information content (AvgIpc) is 2.04. The van der Waals surface area contributed by atoms with Gasteiger partial charge in [0.05, 0.1) is 0 Å². The molecule has 1 aliphatic rings. The predicted octanol–water partition coefficient (Wildman–Crippen LogP) is 0.0595. The highest BCUT2D eigenvalue weighted by Gasteiger charge is 2.21. The van der Waals surface area contributed by atoms with Crippen LogP contribution in [0.3, 0.4) is 0 Å². The van der Waals surface area contributed by atoms with Gasteiger partial charge in [-0.15, -0.1) is 0 Å². The van der Waals surface area contributed by atoms with Gasteiger partial charge in [0, 0.05) is 19.3 Å². The zero-order valence-corrected chi connectivity index (χ0v) is 5.67. The van der Waals surface area contributed by atoms with Crippen molar-refractivity contribution in [2.75, 3.05) is 0 Å². The van der Waals surface area contributed by atoms with Crippen molar-refractivity contribution in [2.45, 2.75) is 31.8 Å². The maximum Gasteiger partial charge on any atom is 0.161 e. The number of carbonyl (C=O) groups excluding carboxylic acids is 2. The Kier molecular flexibility index (Phi) is 2.17. The third-order valence-corrected chi connectivity index (χ3v) is 1.72. The smallest absolute Gasteiger partial charge is 0.161 e. The van der Waals surface area contributed by atoms with E-state index in [0.717, 1.165) is 0 Å². The monoisotopic (exact) mass is 142 g/mol. The Bertz CT molecular complexity index is 162. The average molecular weight is 142 g/mol. The summed E-state index contributed by atoms with van der Waals surface area (Å²) in [6, 6.07) is 0. The zero-order chi connectivity index (χ0) is 7.56. The van der Waals surface area contributed by atoms with Crippen LogP contribution in [-0.4, -0.2) is 22.8 Å². The number of carbonyl (C=O) groups is 2. The molecule has 0 spiro atoms. The predicted molar refractivity (Wildman–Crippen MR) is 34.5 cm³/mol. The second-order valence-electron chi connectivity index (χ2n) is 2.56. The summed E-state index contributed by atoms with van der Waals surface area (Å²) in [7, 11) is 0. The van der Waals surface area contributed by atoms with Gasteiger partial charge in [-0.2, -0.15) is 0 Å². The molecular weight excluding hydrogens is 132 g/mol. The van der Waals surface area contributed by atoms with Crippen LogP contribution >= 0.6 is 0 Å². The fraction of sp³-hybridized carbons (Fsp3) is 0.714. The molecule has 1 N–H and O–H groups in total. The molecular formula is C7H10O3. The largest absolute Gasteiger partial charge is 0.385 e. The summed E-state index contributed by atoms with van der Waals surface area (Å²) in [5.74, 6) is -0.101. The summed E-state index contributed by atoms with van der Waals surface area (Å²) in [4.78, 5) is 21.5. The molecule has 0 radical (unpaired) electrons. The molecule has 0 aromatic heterocycles. The van der Waals surface area contributed by atoms with Crippen LogP contribution in [0.15, 0.2) is 0 Å². The summed E-state index contributed by atoms with van der Waals surface area (Å²) in [5, 5.41) is 8.97. The molecule has 0 amide bonds. The third-order valence-electron chi connectivity index (χ3n) is 1.72. The minimum absolute atomic E-state index is 0.0879. The van der Waals surface area contributed by atoms with Crippen LogP contribution in [0.1, 0.15) is 25.7 Å². The summed E-state index contributed by atoms with van der Waals surface area (Å²) < 4.78 is 0. The summed E-state index contributed by atoms with van der Waals surface area (Å²) in [6.07, 6.45) is 0.326. The molecule has 0 aromatic rings. The third kappa shape index (κ3) is 1.64. The molecule has 0 saturated heterocycles. The summed E-state index contributed by atoms with van der Waals surface area (Å²) >= 11 is 0. The maximum atomic E-state index is 10.8. The lowest BCUT2D eigenvalue weighted by Crippen LogP contribution is -2.17. The first-order valence-electron chi connectivity index (χ1n) is 3.42. The van der Waals surface area contributed by atoms with Crippen molar-refractivity contribution in [1.29, 1.82) is 0 Å². The van der Waals surface area contributed by atoms with Crippen LogP contribution in [0.4, 0.5) is 0 Å². The number of hydrogen-bond acceptors (Lipinski definition) is 3. The van der Waals surface area contributed by atoms with E-state index >= 15 is 0 Å². The maximum absolute atomic E-state index is 10.8. The number of aliphatic hydroxyl groups is 1. The fourth-order valence-corrected chi connectivity index (χ4v) is 1.01. The van der Waals surface area contributed by atoms with Crippen LogP contribution < -0.4 is 0 Å². The van der Waals surface area contributed by atoms with E-state index in [1.165, 1.54) is 0 Å². The minimum atomic E-state index is -0.883. The van der Waals surface area contributed by atoms with Crippen LogP contribution in [0.25, 0.3) is 0 Å². The Morgan fingerprint density at radius 2 is 1.90 bits per heavy atom. The van der Waals surface area contributed by atoms with Gasteiger partial charge in [-0.1, -0.05) is 0 Å². The first kappa shape index (κ1) is 7.41. The lowest BCUT2D eigenvalue weighted by Gasteiger charge is -2.00. The first-order chi connectivity index (χ1) is 4.70. The number of aliphatic hydroxyl groups excluding tert-OH is 1. The van der Waals surface area contributed by atoms with E-state index in [1.54, 1.807) is 0 Å². The quantitative estimate of drug-likeness (QED) is 0.486. The van der Waals surface area contributed by atoms with Crippen molar-refractivity contribution in [1.82, 2.24) is 0 Å². The van der Waals surface area contributed by atoms with Gasteiger partial charge >= 0.3 is 0 Å². The van der Waals surface area contributed by atoms with Gasteiger partial charge in [0.2, 0.25) is 0 Å². The molecule has 1 unspecified atom stereocenters. The molecule has 1 aliphatic carbocycles. The van der Waals surface area contributed by atoms with Gasteiger partial charge in [-0.3, -0.25) is 9.59 Å². The van der Waals surface area contributed by atoms with Crippen molar-refractivity contribution in [3.63, 3.8) is 0 Å².